The lowest BCUT2D eigenvalue weighted by Crippen LogP contribution is -2.00. The van der Waals surface area contributed by atoms with Crippen molar-refractivity contribution in [1.82, 2.24) is 19.9 Å². The smallest absolute Gasteiger partial charge is 0.164 e. The summed E-state index contributed by atoms with van der Waals surface area (Å²) in [6.45, 7) is 0. The Hall–Kier alpha value is -5.98. The van der Waals surface area contributed by atoms with Gasteiger partial charge in [0.1, 0.15) is 16.2 Å². The molecule has 0 N–H and O–H groups in total. The Morgan fingerprint density at radius 2 is 1.07 bits per heavy atom. The molecule has 0 aliphatic rings. The van der Waals surface area contributed by atoms with E-state index in [0.717, 1.165) is 65.8 Å². The number of thiazole rings is 1. The molecule has 3 aromatic heterocycles. The second-order valence-corrected chi connectivity index (χ2v) is 12.1. The van der Waals surface area contributed by atoms with Crippen LogP contribution in [-0.2, 0) is 0 Å². The van der Waals surface area contributed by atoms with Gasteiger partial charge in [0.25, 0.3) is 0 Å². The predicted molar refractivity (Wildman–Crippen MR) is 187 cm³/mol. The zero-order valence-corrected chi connectivity index (χ0v) is 25.3. The Balaban J connectivity index is 1.13. The van der Waals surface area contributed by atoms with Crippen LogP contribution in [-0.4, -0.2) is 19.9 Å². The summed E-state index contributed by atoms with van der Waals surface area (Å²) in [5, 5.41) is 3.03. The molecule has 0 aliphatic heterocycles. The number of benzene rings is 6. The highest BCUT2D eigenvalue weighted by molar-refractivity contribution is 7.21. The van der Waals surface area contributed by atoms with Crippen LogP contribution in [0.25, 0.3) is 88.0 Å². The van der Waals surface area contributed by atoms with Gasteiger partial charge in [-0.3, -0.25) is 0 Å². The fraction of sp³-hybridized carbons (Fsp3) is 0. The van der Waals surface area contributed by atoms with Gasteiger partial charge in [0.2, 0.25) is 0 Å². The first-order chi connectivity index (χ1) is 22.8. The monoisotopic (exact) mass is 608 g/mol. The van der Waals surface area contributed by atoms with Crippen LogP contribution in [0.3, 0.4) is 0 Å². The van der Waals surface area contributed by atoms with E-state index in [4.69, 9.17) is 24.4 Å². The maximum Gasteiger partial charge on any atom is 0.164 e. The van der Waals surface area contributed by atoms with E-state index in [1.165, 1.54) is 4.70 Å². The maximum atomic E-state index is 6.45. The highest BCUT2D eigenvalue weighted by Crippen LogP contribution is 2.38. The average Bonchev–Trinajstić information content (AvgIpc) is 3.74. The van der Waals surface area contributed by atoms with E-state index < -0.39 is 0 Å². The largest absolute Gasteiger partial charge is 0.456 e. The predicted octanol–water partition coefficient (Wildman–Crippen LogP) is 10.7. The minimum absolute atomic E-state index is 0.607. The van der Waals surface area contributed by atoms with E-state index in [2.05, 4.69) is 66.7 Å². The zero-order chi connectivity index (χ0) is 30.5. The Morgan fingerprint density at radius 1 is 0.435 bits per heavy atom. The molecule has 0 saturated heterocycles. The van der Waals surface area contributed by atoms with Crippen molar-refractivity contribution in [2.24, 2.45) is 0 Å². The van der Waals surface area contributed by atoms with Crippen molar-refractivity contribution in [2.75, 3.05) is 0 Å². The molecule has 6 aromatic carbocycles. The summed E-state index contributed by atoms with van der Waals surface area (Å²) in [6, 6.07) is 49.4. The van der Waals surface area contributed by atoms with Crippen LogP contribution < -0.4 is 0 Å². The van der Waals surface area contributed by atoms with Crippen LogP contribution in [0, 0.1) is 0 Å². The van der Waals surface area contributed by atoms with Crippen molar-refractivity contribution >= 4 is 43.5 Å². The molecule has 0 atom stereocenters. The topological polar surface area (TPSA) is 64.7 Å². The Labute approximate surface area is 268 Å². The number of furan rings is 1. The molecule has 5 nitrogen and oxygen atoms in total. The van der Waals surface area contributed by atoms with Crippen LogP contribution in [0.2, 0.25) is 0 Å². The van der Waals surface area contributed by atoms with Crippen LogP contribution in [0.15, 0.2) is 150 Å². The van der Waals surface area contributed by atoms with Crippen LogP contribution in [0.4, 0.5) is 0 Å². The van der Waals surface area contributed by atoms with Crippen molar-refractivity contribution in [3.05, 3.63) is 146 Å². The van der Waals surface area contributed by atoms with Gasteiger partial charge in [0.05, 0.1) is 10.2 Å². The lowest BCUT2D eigenvalue weighted by molar-refractivity contribution is 0.669. The van der Waals surface area contributed by atoms with Gasteiger partial charge >= 0.3 is 0 Å². The molecule has 0 radical (unpaired) electrons. The fourth-order valence-electron chi connectivity index (χ4n) is 5.92. The molecule has 0 spiro atoms. The minimum atomic E-state index is 0.607. The summed E-state index contributed by atoms with van der Waals surface area (Å²) < 4.78 is 7.65. The molecule has 9 aromatic rings. The van der Waals surface area contributed by atoms with Gasteiger partial charge in [0.15, 0.2) is 17.5 Å². The molecule has 0 aliphatic carbocycles. The molecule has 216 valence electrons. The van der Waals surface area contributed by atoms with E-state index in [1.54, 1.807) is 11.3 Å². The lowest BCUT2D eigenvalue weighted by atomic mass is 10.0. The third-order valence-corrected chi connectivity index (χ3v) is 9.28. The van der Waals surface area contributed by atoms with E-state index in [-0.39, 0.29) is 0 Å². The molecule has 0 saturated carbocycles. The van der Waals surface area contributed by atoms with E-state index in [9.17, 15) is 0 Å². The van der Waals surface area contributed by atoms with Gasteiger partial charge in [-0.25, -0.2) is 19.9 Å². The first kappa shape index (κ1) is 26.4. The molecule has 0 fully saturated rings. The number of aromatic nitrogens is 4. The number of hydrogen-bond acceptors (Lipinski definition) is 6. The number of rotatable bonds is 5. The van der Waals surface area contributed by atoms with Crippen LogP contribution in [0.1, 0.15) is 0 Å². The van der Waals surface area contributed by atoms with Crippen molar-refractivity contribution in [1.29, 1.82) is 0 Å². The number of hydrogen-bond donors (Lipinski definition) is 0. The number of nitrogens with zero attached hydrogens (tertiary/aromatic N) is 4. The summed E-state index contributed by atoms with van der Waals surface area (Å²) in [5.41, 5.74) is 8.73. The standard InChI is InChI=1S/C40H24N4OS/c1-3-10-26(11-4-1)37-42-38(27-12-5-2-6-13-27)44-39(43-37)31-14-9-16-33-36(31)30-23-22-29(24-34(30)45-33)25-18-20-28(21-19-25)40-41-32-15-7-8-17-35(32)46-40/h1-24H. The molecule has 3 heterocycles. The third kappa shape index (κ3) is 4.64. The van der Waals surface area contributed by atoms with Crippen molar-refractivity contribution in [3.8, 4) is 55.9 Å². The van der Waals surface area contributed by atoms with E-state index >= 15 is 0 Å². The minimum Gasteiger partial charge on any atom is -0.456 e. The third-order valence-electron chi connectivity index (χ3n) is 8.20. The van der Waals surface area contributed by atoms with Crippen LogP contribution in [0.5, 0.6) is 0 Å². The van der Waals surface area contributed by atoms with Gasteiger partial charge in [-0.15, -0.1) is 11.3 Å². The first-order valence-corrected chi connectivity index (χ1v) is 15.9. The number of para-hydroxylation sites is 1. The zero-order valence-electron chi connectivity index (χ0n) is 24.5. The van der Waals surface area contributed by atoms with Gasteiger partial charge < -0.3 is 4.42 Å². The molecule has 6 heteroatoms. The van der Waals surface area contributed by atoms with Gasteiger partial charge in [0, 0.05) is 33.0 Å². The molecule has 9 rings (SSSR count). The Kier molecular flexibility index (Phi) is 6.25. The summed E-state index contributed by atoms with van der Waals surface area (Å²) in [5.74, 6) is 1.87. The second-order valence-electron chi connectivity index (χ2n) is 11.1. The van der Waals surface area contributed by atoms with E-state index in [0.29, 0.717) is 17.5 Å². The maximum absolute atomic E-state index is 6.45. The first-order valence-electron chi connectivity index (χ1n) is 15.1. The van der Waals surface area contributed by atoms with Crippen LogP contribution >= 0.6 is 11.3 Å². The highest BCUT2D eigenvalue weighted by Gasteiger charge is 2.18. The quantitative estimate of drug-likeness (QED) is 0.194. The van der Waals surface area contributed by atoms with Gasteiger partial charge in [-0.05, 0) is 41.5 Å². The highest BCUT2D eigenvalue weighted by atomic mass is 32.1. The molecular weight excluding hydrogens is 585 g/mol. The Bertz CT molecular complexity index is 2430. The average molecular weight is 609 g/mol. The van der Waals surface area contributed by atoms with Crippen molar-refractivity contribution in [2.45, 2.75) is 0 Å². The molecule has 0 unspecified atom stereocenters. The van der Waals surface area contributed by atoms with Gasteiger partial charge in [-0.2, -0.15) is 0 Å². The molecule has 46 heavy (non-hydrogen) atoms. The molecule has 0 amide bonds. The molecular formula is C40H24N4OS. The SMILES string of the molecule is c1ccc(-c2nc(-c3ccccc3)nc(-c3cccc4oc5cc(-c6ccc(-c7nc8ccccc8s7)cc6)ccc5c34)n2)cc1. The Morgan fingerprint density at radius 3 is 1.78 bits per heavy atom. The fourth-order valence-corrected chi connectivity index (χ4v) is 6.89. The summed E-state index contributed by atoms with van der Waals surface area (Å²) in [7, 11) is 0. The van der Waals surface area contributed by atoms with E-state index in [1.807, 2.05) is 78.9 Å². The van der Waals surface area contributed by atoms with Crippen molar-refractivity contribution < 1.29 is 4.42 Å². The summed E-state index contributed by atoms with van der Waals surface area (Å²) >= 11 is 1.71. The van der Waals surface area contributed by atoms with Crippen molar-refractivity contribution in [3.63, 3.8) is 0 Å². The normalized spacial score (nSPS) is 11.5. The van der Waals surface area contributed by atoms with Gasteiger partial charge in [-0.1, -0.05) is 115 Å². The lowest BCUT2D eigenvalue weighted by Gasteiger charge is -2.09. The second kappa shape index (κ2) is 10.9. The number of fused-ring (bicyclic) bond motifs is 4. The molecule has 0 bridgehead atoms. The summed E-state index contributed by atoms with van der Waals surface area (Å²) in [6.07, 6.45) is 0. The summed E-state index contributed by atoms with van der Waals surface area (Å²) in [4.78, 5) is 19.6.